The van der Waals surface area contributed by atoms with Gasteiger partial charge in [0.05, 0.1) is 6.26 Å². The molecule has 98 valence electrons. The van der Waals surface area contributed by atoms with Gasteiger partial charge in [-0.15, -0.1) is 0 Å². The summed E-state index contributed by atoms with van der Waals surface area (Å²) < 4.78 is 17.1. The lowest BCUT2D eigenvalue weighted by molar-refractivity contribution is 0.423. The van der Waals surface area contributed by atoms with Crippen molar-refractivity contribution in [1.82, 2.24) is 0 Å². The number of rotatable bonds is 5. The lowest BCUT2D eigenvalue weighted by Crippen LogP contribution is -2.41. The van der Waals surface area contributed by atoms with Gasteiger partial charge in [0.1, 0.15) is 11.5 Å². The first-order valence-electron chi connectivity index (χ1n) is 6.38. The Morgan fingerprint density at radius 1 is 0.650 bits per heavy atom. The van der Waals surface area contributed by atoms with Crippen molar-refractivity contribution in [3.05, 3.63) is 79.1 Å². The van der Waals surface area contributed by atoms with E-state index in [4.69, 9.17) is 13.7 Å². The summed E-state index contributed by atoms with van der Waals surface area (Å²) in [5, 5.41) is 0. The standard InChI is InChI=1S/C16H13BO3/c1-3-8-14(9-4-1)19-17(16-12-7-13-18-16)20-15-10-5-2-6-11-15/h1-13H. The van der Waals surface area contributed by atoms with E-state index in [1.165, 1.54) is 0 Å². The summed E-state index contributed by atoms with van der Waals surface area (Å²) in [6.07, 6.45) is 1.60. The van der Waals surface area contributed by atoms with E-state index in [1.807, 2.05) is 72.8 Å². The highest BCUT2D eigenvalue weighted by molar-refractivity contribution is 6.61. The van der Waals surface area contributed by atoms with Crippen LogP contribution in [0.4, 0.5) is 0 Å². The van der Waals surface area contributed by atoms with Gasteiger partial charge in [0.2, 0.25) is 0 Å². The molecule has 0 amide bonds. The quantitative estimate of drug-likeness (QED) is 0.663. The molecule has 3 nitrogen and oxygen atoms in total. The van der Waals surface area contributed by atoms with Crippen LogP contribution in [-0.4, -0.2) is 7.12 Å². The summed E-state index contributed by atoms with van der Waals surface area (Å²) in [4.78, 5) is 0. The first-order chi connectivity index (χ1) is 9.92. The fraction of sp³-hybridized carbons (Fsp3) is 0. The third-order valence-corrected chi connectivity index (χ3v) is 2.75. The highest BCUT2D eigenvalue weighted by atomic mass is 16.6. The van der Waals surface area contributed by atoms with Gasteiger partial charge in [0.25, 0.3) is 0 Å². The van der Waals surface area contributed by atoms with Crippen LogP contribution in [0.5, 0.6) is 11.5 Å². The average molecular weight is 264 g/mol. The lowest BCUT2D eigenvalue weighted by Gasteiger charge is -2.14. The number of hydrogen-bond donors (Lipinski definition) is 0. The molecule has 0 spiro atoms. The van der Waals surface area contributed by atoms with Gasteiger partial charge >= 0.3 is 7.12 Å². The van der Waals surface area contributed by atoms with Crippen LogP contribution < -0.4 is 15.0 Å². The molecule has 0 aliphatic heterocycles. The van der Waals surface area contributed by atoms with Crippen LogP contribution in [0.1, 0.15) is 0 Å². The molecule has 0 atom stereocenters. The van der Waals surface area contributed by atoms with E-state index in [1.54, 1.807) is 6.26 Å². The first kappa shape index (κ1) is 12.4. The van der Waals surface area contributed by atoms with Crippen LogP contribution in [0.2, 0.25) is 0 Å². The Morgan fingerprint density at radius 2 is 1.20 bits per heavy atom. The third-order valence-electron chi connectivity index (χ3n) is 2.75. The van der Waals surface area contributed by atoms with Crippen molar-refractivity contribution < 1.29 is 13.7 Å². The zero-order chi connectivity index (χ0) is 13.6. The van der Waals surface area contributed by atoms with E-state index in [9.17, 15) is 0 Å². The molecule has 0 unspecified atom stereocenters. The monoisotopic (exact) mass is 264 g/mol. The maximum Gasteiger partial charge on any atom is 0.670 e. The van der Waals surface area contributed by atoms with Crippen molar-refractivity contribution >= 4 is 12.8 Å². The summed E-state index contributed by atoms with van der Waals surface area (Å²) >= 11 is 0. The third kappa shape index (κ3) is 3.04. The molecule has 0 radical (unpaired) electrons. The molecule has 20 heavy (non-hydrogen) atoms. The van der Waals surface area contributed by atoms with Crippen molar-refractivity contribution in [2.45, 2.75) is 0 Å². The molecule has 0 fully saturated rings. The van der Waals surface area contributed by atoms with E-state index >= 15 is 0 Å². The molecule has 3 rings (SSSR count). The van der Waals surface area contributed by atoms with E-state index in [0.29, 0.717) is 5.66 Å². The van der Waals surface area contributed by atoms with E-state index < -0.39 is 7.12 Å². The van der Waals surface area contributed by atoms with Crippen LogP contribution in [0, 0.1) is 0 Å². The van der Waals surface area contributed by atoms with Crippen molar-refractivity contribution in [1.29, 1.82) is 0 Å². The highest BCUT2D eigenvalue weighted by Gasteiger charge is 2.29. The van der Waals surface area contributed by atoms with Crippen molar-refractivity contribution in [3.63, 3.8) is 0 Å². The molecule has 3 aromatic rings. The molecular weight excluding hydrogens is 251 g/mol. The predicted molar refractivity (Wildman–Crippen MR) is 78.2 cm³/mol. The molecule has 0 N–H and O–H groups in total. The summed E-state index contributed by atoms with van der Waals surface area (Å²) in [7, 11) is -0.616. The average Bonchev–Trinajstić information content (AvgIpc) is 3.03. The second-order valence-electron chi connectivity index (χ2n) is 4.21. The van der Waals surface area contributed by atoms with Gasteiger partial charge in [-0.2, -0.15) is 0 Å². The number of hydrogen-bond acceptors (Lipinski definition) is 3. The number of benzene rings is 2. The molecule has 2 aromatic carbocycles. The van der Waals surface area contributed by atoms with E-state index in [0.717, 1.165) is 11.5 Å². The normalized spacial score (nSPS) is 10.0. The maximum atomic E-state index is 5.85. The molecule has 4 heteroatoms. The summed E-state index contributed by atoms with van der Waals surface area (Å²) in [6.45, 7) is 0. The minimum atomic E-state index is -0.616. The Morgan fingerprint density at radius 3 is 1.65 bits per heavy atom. The maximum absolute atomic E-state index is 5.85. The number of furan rings is 1. The Labute approximate surface area is 117 Å². The van der Waals surface area contributed by atoms with Gasteiger partial charge in [-0.25, -0.2) is 0 Å². The van der Waals surface area contributed by atoms with Crippen LogP contribution in [-0.2, 0) is 0 Å². The second-order valence-corrected chi connectivity index (χ2v) is 4.21. The fourth-order valence-corrected chi connectivity index (χ4v) is 1.81. The van der Waals surface area contributed by atoms with Crippen LogP contribution in [0.3, 0.4) is 0 Å². The van der Waals surface area contributed by atoms with Crippen LogP contribution in [0.25, 0.3) is 0 Å². The summed E-state index contributed by atoms with van der Waals surface area (Å²) in [5.74, 6) is 1.45. The Hall–Kier alpha value is -2.62. The summed E-state index contributed by atoms with van der Waals surface area (Å²) in [5.41, 5.74) is 0.623. The van der Waals surface area contributed by atoms with Gasteiger partial charge in [-0.1, -0.05) is 36.4 Å². The molecule has 1 heterocycles. The first-order valence-corrected chi connectivity index (χ1v) is 6.38. The molecule has 1 aromatic heterocycles. The molecule has 0 saturated heterocycles. The predicted octanol–water partition coefficient (Wildman–Crippen LogP) is 3.13. The Bertz CT molecular complexity index is 582. The smallest absolute Gasteiger partial charge is 0.520 e. The van der Waals surface area contributed by atoms with E-state index in [-0.39, 0.29) is 0 Å². The van der Waals surface area contributed by atoms with Gasteiger partial charge < -0.3 is 13.7 Å². The van der Waals surface area contributed by atoms with Crippen molar-refractivity contribution in [3.8, 4) is 11.5 Å². The fourth-order valence-electron chi connectivity index (χ4n) is 1.81. The molecule has 0 bridgehead atoms. The molecule has 0 aliphatic rings. The lowest BCUT2D eigenvalue weighted by atomic mass is 9.85. The minimum Gasteiger partial charge on any atom is -0.520 e. The van der Waals surface area contributed by atoms with E-state index in [2.05, 4.69) is 0 Å². The highest BCUT2D eigenvalue weighted by Crippen LogP contribution is 2.14. The van der Waals surface area contributed by atoms with Crippen molar-refractivity contribution in [2.75, 3.05) is 0 Å². The minimum absolute atomic E-state index is 0.616. The molecule has 0 aliphatic carbocycles. The molecular formula is C16H13BO3. The summed E-state index contributed by atoms with van der Waals surface area (Å²) in [6, 6.07) is 22.7. The van der Waals surface area contributed by atoms with Crippen LogP contribution >= 0.6 is 0 Å². The zero-order valence-corrected chi connectivity index (χ0v) is 10.8. The zero-order valence-electron chi connectivity index (χ0n) is 10.8. The largest absolute Gasteiger partial charge is 0.670 e. The van der Waals surface area contributed by atoms with Crippen LogP contribution in [0.15, 0.2) is 83.5 Å². The molecule has 0 saturated carbocycles. The van der Waals surface area contributed by atoms with Crippen molar-refractivity contribution in [2.24, 2.45) is 0 Å². The second kappa shape index (κ2) is 6.02. The number of para-hydroxylation sites is 2. The van der Waals surface area contributed by atoms with Gasteiger partial charge in [0.15, 0.2) is 5.66 Å². The van der Waals surface area contributed by atoms with Gasteiger partial charge in [-0.3, -0.25) is 0 Å². The van der Waals surface area contributed by atoms with Gasteiger partial charge in [-0.05, 0) is 36.4 Å². The topological polar surface area (TPSA) is 31.6 Å². The van der Waals surface area contributed by atoms with Gasteiger partial charge in [0, 0.05) is 0 Å². The SMILES string of the molecule is c1ccc(OB(Oc2ccccc2)c2ccco2)cc1. The Kier molecular flexibility index (Phi) is 3.74. The Balaban J connectivity index is 1.81.